The minimum Gasteiger partial charge on any atom is -0.506 e. The van der Waals surface area contributed by atoms with E-state index in [0.717, 1.165) is 55.8 Å². The van der Waals surface area contributed by atoms with E-state index in [1.807, 2.05) is 24.4 Å². The topological polar surface area (TPSA) is 64.0 Å². The van der Waals surface area contributed by atoms with Gasteiger partial charge in [-0.05, 0) is 25.5 Å². The van der Waals surface area contributed by atoms with E-state index in [9.17, 15) is 5.11 Å². The molecule has 1 aliphatic heterocycles. The predicted octanol–water partition coefficient (Wildman–Crippen LogP) is 2.70. The molecule has 26 heavy (non-hydrogen) atoms. The van der Waals surface area contributed by atoms with Crippen LogP contribution in [0.5, 0.6) is 5.75 Å². The van der Waals surface area contributed by atoms with Crippen molar-refractivity contribution in [3.8, 4) is 5.75 Å². The lowest BCUT2D eigenvalue weighted by Gasteiger charge is -2.37. The Balaban J connectivity index is 1.62. The predicted molar refractivity (Wildman–Crippen MR) is 108 cm³/mol. The number of rotatable bonds is 5. The van der Waals surface area contributed by atoms with Crippen molar-refractivity contribution in [3.63, 3.8) is 0 Å². The molecule has 1 saturated heterocycles. The number of aromatic hydroxyl groups is 1. The second-order valence-electron chi connectivity index (χ2n) is 6.21. The summed E-state index contributed by atoms with van der Waals surface area (Å²) in [7, 11) is 0. The molecule has 0 bridgehead atoms. The van der Waals surface area contributed by atoms with E-state index in [0.29, 0.717) is 12.3 Å². The van der Waals surface area contributed by atoms with Crippen LogP contribution in [0.15, 0.2) is 35.5 Å². The molecule has 140 valence electrons. The van der Waals surface area contributed by atoms with Gasteiger partial charge < -0.3 is 20.2 Å². The quantitative estimate of drug-likeness (QED) is 0.623. The molecule has 1 aromatic carbocycles. The Morgan fingerprint density at radius 2 is 2.00 bits per heavy atom. The molecular formula is C19H27N5OS. The van der Waals surface area contributed by atoms with Gasteiger partial charge in [0, 0.05) is 43.8 Å². The molecule has 0 atom stereocenters. The summed E-state index contributed by atoms with van der Waals surface area (Å²) < 4.78 is 0. The van der Waals surface area contributed by atoms with Gasteiger partial charge in [0.2, 0.25) is 0 Å². The molecule has 2 aromatic rings. The van der Waals surface area contributed by atoms with Crippen molar-refractivity contribution in [2.75, 3.05) is 37.6 Å². The van der Waals surface area contributed by atoms with Gasteiger partial charge in [-0.1, -0.05) is 19.1 Å². The van der Waals surface area contributed by atoms with E-state index in [-0.39, 0.29) is 0 Å². The number of phenolic OH excluding ortho intramolecular Hbond substituents is 1. The van der Waals surface area contributed by atoms with Crippen molar-refractivity contribution >= 4 is 23.0 Å². The van der Waals surface area contributed by atoms with Crippen LogP contribution in [-0.4, -0.2) is 53.7 Å². The van der Waals surface area contributed by atoms with Crippen molar-refractivity contribution in [1.82, 2.24) is 15.2 Å². The zero-order chi connectivity index (χ0) is 18.4. The second-order valence-corrected chi connectivity index (χ2v) is 7.41. The Morgan fingerprint density at radius 1 is 1.23 bits per heavy atom. The van der Waals surface area contributed by atoms with Crippen molar-refractivity contribution in [3.05, 3.63) is 40.3 Å². The molecule has 2 N–H and O–H groups in total. The van der Waals surface area contributed by atoms with Gasteiger partial charge in [0.05, 0.1) is 12.2 Å². The average Bonchev–Trinajstić information content (AvgIpc) is 3.14. The maximum Gasteiger partial charge on any atom is 0.194 e. The molecule has 2 heterocycles. The largest absolute Gasteiger partial charge is 0.506 e. The molecule has 7 heteroatoms. The molecule has 1 aliphatic rings. The summed E-state index contributed by atoms with van der Waals surface area (Å²) in [6, 6.07) is 7.53. The summed E-state index contributed by atoms with van der Waals surface area (Å²) in [5, 5.41) is 14.5. The number of aryl methyl sites for hydroxylation is 1. The number of nitrogens with zero attached hydrogens (tertiary/aromatic N) is 4. The third kappa shape index (κ3) is 4.46. The molecule has 0 spiro atoms. The Hall–Kier alpha value is -2.28. The van der Waals surface area contributed by atoms with Crippen LogP contribution < -0.4 is 10.2 Å². The van der Waals surface area contributed by atoms with Crippen molar-refractivity contribution in [1.29, 1.82) is 0 Å². The zero-order valence-corrected chi connectivity index (χ0v) is 16.3. The number of para-hydroxylation sites is 2. The number of guanidine groups is 1. The lowest BCUT2D eigenvalue weighted by atomic mass is 10.2. The summed E-state index contributed by atoms with van der Waals surface area (Å²) in [5.41, 5.74) is 0.906. The molecular weight excluding hydrogens is 346 g/mol. The first-order valence-electron chi connectivity index (χ1n) is 9.21. The molecule has 1 aromatic heterocycles. The normalized spacial score (nSPS) is 15.4. The van der Waals surface area contributed by atoms with Gasteiger partial charge in [0.25, 0.3) is 0 Å². The van der Waals surface area contributed by atoms with E-state index < -0.39 is 0 Å². The van der Waals surface area contributed by atoms with Crippen LogP contribution in [0.2, 0.25) is 0 Å². The van der Waals surface area contributed by atoms with Crippen LogP contribution in [0.25, 0.3) is 0 Å². The van der Waals surface area contributed by atoms with Crippen LogP contribution in [0.1, 0.15) is 23.7 Å². The SMILES string of the molecule is CCNC(=NCc1ncc(CC)s1)N1CCN(c2ccccc2O)CC1. The zero-order valence-electron chi connectivity index (χ0n) is 15.5. The molecule has 0 amide bonds. The van der Waals surface area contributed by atoms with Crippen LogP contribution in [-0.2, 0) is 13.0 Å². The van der Waals surface area contributed by atoms with E-state index in [1.165, 1.54) is 4.88 Å². The number of benzene rings is 1. The number of hydrogen-bond acceptors (Lipinski definition) is 5. The Morgan fingerprint density at radius 3 is 2.65 bits per heavy atom. The first-order valence-corrected chi connectivity index (χ1v) is 10.0. The number of phenols is 1. The highest BCUT2D eigenvalue weighted by atomic mass is 32.1. The summed E-state index contributed by atoms with van der Waals surface area (Å²) in [5.74, 6) is 1.29. The standard InChI is InChI=1S/C19H27N5OS/c1-3-15-13-21-18(26-15)14-22-19(20-4-2)24-11-9-23(10-12-24)16-7-5-6-8-17(16)25/h5-8,13,25H,3-4,9-12,14H2,1-2H3,(H,20,22). The summed E-state index contributed by atoms with van der Waals surface area (Å²) >= 11 is 1.74. The van der Waals surface area contributed by atoms with E-state index >= 15 is 0 Å². The first kappa shape index (κ1) is 18.5. The van der Waals surface area contributed by atoms with Gasteiger partial charge in [-0.15, -0.1) is 11.3 Å². The Kier molecular flexibility index (Phi) is 6.33. The number of nitrogens with one attached hydrogen (secondary N) is 1. The smallest absolute Gasteiger partial charge is 0.194 e. The highest BCUT2D eigenvalue weighted by Gasteiger charge is 2.21. The average molecular weight is 374 g/mol. The third-order valence-corrected chi connectivity index (χ3v) is 5.58. The van der Waals surface area contributed by atoms with E-state index in [1.54, 1.807) is 17.4 Å². The number of thiazole rings is 1. The number of hydrogen-bond donors (Lipinski definition) is 2. The molecule has 6 nitrogen and oxygen atoms in total. The molecule has 0 radical (unpaired) electrons. The monoisotopic (exact) mass is 373 g/mol. The third-order valence-electron chi connectivity index (χ3n) is 4.45. The maximum absolute atomic E-state index is 10.1. The Bertz CT molecular complexity index is 737. The second kappa shape index (κ2) is 8.89. The van der Waals surface area contributed by atoms with Gasteiger partial charge in [-0.2, -0.15) is 0 Å². The van der Waals surface area contributed by atoms with Gasteiger partial charge in [0.15, 0.2) is 5.96 Å². The minimum absolute atomic E-state index is 0.344. The number of aliphatic imine (C=N–C) groups is 1. The summed E-state index contributed by atoms with van der Waals surface area (Å²) in [6.07, 6.45) is 2.98. The number of piperazine rings is 1. The molecule has 1 fully saturated rings. The maximum atomic E-state index is 10.1. The fourth-order valence-corrected chi connectivity index (χ4v) is 3.83. The highest BCUT2D eigenvalue weighted by Crippen LogP contribution is 2.27. The molecule has 0 saturated carbocycles. The highest BCUT2D eigenvalue weighted by molar-refractivity contribution is 7.11. The van der Waals surface area contributed by atoms with Crippen LogP contribution in [0, 0.1) is 0 Å². The van der Waals surface area contributed by atoms with Crippen LogP contribution >= 0.6 is 11.3 Å². The number of anilines is 1. The number of aromatic nitrogens is 1. The van der Waals surface area contributed by atoms with Crippen molar-refractivity contribution < 1.29 is 5.11 Å². The van der Waals surface area contributed by atoms with Crippen LogP contribution in [0.3, 0.4) is 0 Å². The fourth-order valence-electron chi connectivity index (χ4n) is 3.04. The van der Waals surface area contributed by atoms with E-state index in [2.05, 4.69) is 33.9 Å². The lowest BCUT2D eigenvalue weighted by Crippen LogP contribution is -2.52. The fraction of sp³-hybridized carbons (Fsp3) is 0.474. The lowest BCUT2D eigenvalue weighted by molar-refractivity contribution is 0.369. The molecule has 0 aliphatic carbocycles. The van der Waals surface area contributed by atoms with Gasteiger partial charge in [0.1, 0.15) is 10.8 Å². The van der Waals surface area contributed by atoms with E-state index in [4.69, 9.17) is 4.99 Å². The molecule has 0 unspecified atom stereocenters. The summed E-state index contributed by atoms with van der Waals surface area (Å²) in [4.78, 5) is 15.1. The van der Waals surface area contributed by atoms with Crippen molar-refractivity contribution in [2.24, 2.45) is 4.99 Å². The van der Waals surface area contributed by atoms with Gasteiger partial charge >= 0.3 is 0 Å². The van der Waals surface area contributed by atoms with Gasteiger partial charge in [-0.3, -0.25) is 0 Å². The Labute approximate surface area is 159 Å². The summed E-state index contributed by atoms with van der Waals surface area (Å²) in [6.45, 7) is 9.17. The first-order chi connectivity index (χ1) is 12.7. The van der Waals surface area contributed by atoms with Crippen LogP contribution in [0.4, 0.5) is 5.69 Å². The van der Waals surface area contributed by atoms with Gasteiger partial charge in [-0.25, -0.2) is 9.98 Å². The van der Waals surface area contributed by atoms with Crippen molar-refractivity contribution in [2.45, 2.75) is 26.8 Å². The molecule has 3 rings (SSSR count). The minimum atomic E-state index is 0.344.